The highest BCUT2D eigenvalue weighted by Crippen LogP contribution is 2.36. The van der Waals surface area contributed by atoms with Crippen molar-refractivity contribution in [2.75, 3.05) is 0 Å². The van der Waals surface area contributed by atoms with Crippen LogP contribution in [0.1, 0.15) is 37.4 Å². The topological polar surface area (TPSA) is 20.2 Å². The Hall–Kier alpha value is -0.890. The fourth-order valence-corrected chi connectivity index (χ4v) is 2.24. The first kappa shape index (κ1) is 9.66. The molecule has 0 heterocycles. The fraction of sp³-hybridized carbons (Fsp3) is 0.500. The van der Waals surface area contributed by atoms with Crippen molar-refractivity contribution in [1.82, 2.24) is 0 Å². The van der Waals surface area contributed by atoms with E-state index in [1.54, 1.807) is 18.2 Å². The molecule has 1 atom stereocenters. The summed E-state index contributed by atoms with van der Waals surface area (Å²) in [7, 11) is 0. The minimum atomic E-state index is -0.612. The lowest BCUT2D eigenvalue weighted by atomic mass is 9.94. The van der Waals surface area contributed by atoms with Gasteiger partial charge in [-0.3, -0.25) is 0 Å². The van der Waals surface area contributed by atoms with Crippen molar-refractivity contribution in [1.29, 1.82) is 0 Å². The van der Waals surface area contributed by atoms with Gasteiger partial charge in [-0.1, -0.05) is 31.0 Å². The molecule has 0 aliphatic heterocycles. The van der Waals surface area contributed by atoms with E-state index in [0.717, 1.165) is 25.7 Å². The summed E-state index contributed by atoms with van der Waals surface area (Å²) in [6.45, 7) is 0. The average Bonchev–Trinajstić information content (AvgIpc) is 2.70. The van der Waals surface area contributed by atoms with Crippen LogP contribution in [0.15, 0.2) is 24.3 Å². The first-order valence-electron chi connectivity index (χ1n) is 5.21. The van der Waals surface area contributed by atoms with Crippen LogP contribution in [0.25, 0.3) is 0 Å². The normalized spacial score (nSPS) is 19.9. The van der Waals surface area contributed by atoms with E-state index in [4.69, 9.17) is 0 Å². The molecule has 1 aliphatic rings. The molecule has 0 amide bonds. The minimum absolute atomic E-state index is 0.256. The van der Waals surface area contributed by atoms with Gasteiger partial charge in [0.25, 0.3) is 0 Å². The summed E-state index contributed by atoms with van der Waals surface area (Å²) in [6, 6.07) is 6.52. The first-order valence-corrected chi connectivity index (χ1v) is 5.21. The molecule has 0 saturated heterocycles. The Labute approximate surface area is 83.6 Å². The first-order chi connectivity index (χ1) is 6.79. The summed E-state index contributed by atoms with van der Waals surface area (Å²) in [5.74, 6) is -0.0289. The van der Waals surface area contributed by atoms with E-state index < -0.39 is 6.10 Å². The molecular weight excluding hydrogens is 179 g/mol. The number of aliphatic hydroxyl groups excluding tert-OH is 1. The molecule has 76 valence electrons. The van der Waals surface area contributed by atoms with Gasteiger partial charge >= 0.3 is 0 Å². The van der Waals surface area contributed by atoms with Crippen LogP contribution in [0.2, 0.25) is 0 Å². The molecule has 1 nitrogen and oxygen atoms in total. The van der Waals surface area contributed by atoms with Crippen molar-refractivity contribution in [3.8, 4) is 0 Å². The van der Waals surface area contributed by atoms with Gasteiger partial charge in [0.15, 0.2) is 0 Å². The van der Waals surface area contributed by atoms with Gasteiger partial charge in [0.2, 0.25) is 0 Å². The van der Waals surface area contributed by atoms with E-state index in [0.29, 0.717) is 5.56 Å². The van der Waals surface area contributed by atoms with Gasteiger partial charge in [0, 0.05) is 5.56 Å². The van der Waals surface area contributed by atoms with Gasteiger partial charge in [0.05, 0.1) is 6.10 Å². The predicted octanol–water partition coefficient (Wildman–Crippen LogP) is 3.05. The van der Waals surface area contributed by atoms with E-state index in [1.807, 2.05) is 0 Å². The van der Waals surface area contributed by atoms with Gasteiger partial charge in [-0.15, -0.1) is 0 Å². The highest BCUT2D eigenvalue weighted by atomic mass is 19.1. The quantitative estimate of drug-likeness (QED) is 0.767. The predicted molar refractivity (Wildman–Crippen MR) is 53.3 cm³/mol. The van der Waals surface area contributed by atoms with Crippen LogP contribution in [-0.2, 0) is 0 Å². The minimum Gasteiger partial charge on any atom is -0.388 e. The second-order valence-electron chi connectivity index (χ2n) is 4.01. The number of hydrogen-bond donors (Lipinski definition) is 1. The third-order valence-electron chi connectivity index (χ3n) is 3.07. The second kappa shape index (κ2) is 4.09. The lowest BCUT2D eigenvalue weighted by Gasteiger charge is -2.18. The zero-order valence-electron chi connectivity index (χ0n) is 8.12. The molecule has 0 bridgehead atoms. The van der Waals surface area contributed by atoms with Crippen LogP contribution in [0.3, 0.4) is 0 Å². The molecule has 2 rings (SSSR count). The Morgan fingerprint density at radius 3 is 2.50 bits per heavy atom. The maximum Gasteiger partial charge on any atom is 0.129 e. The Morgan fingerprint density at radius 1 is 1.21 bits per heavy atom. The van der Waals surface area contributed by atoms with Crippen LogP contribution < -0.4 is 0 Å². The maximum atomic E-state index is 13.3. The zero-order valence-corrected chi connectivity index (χ0v) is 8.12. The van der Waals surface area contributed by atoms with Gasteiger partial charge in [-0.05, 0) is 24.8 Å². The standard InChI is InChI=1S/C12H15FO/c13-11-8-4-3-7-10(11)12(14)9-5-1-2-6-9/h3-4,7-9,12,14H,1-2,5-6H2/t12-/m0/s1. The highest BCUT2D eigenvalue weighted by Gasteiger charge is 2.25. The average molecular weight is 194 g/mol. The third-order valence-corrected chi connectivity index (χ3v) is 3.07. The van der Waals surface area contributed by atoms with Crippen LogP contribution in [-0.4, -0.2) is 5.11 Å². The molecule has 1 fully saturated rings. The van der Waals surface area contributed by atoms with Crippen molar-refractivity contribution in [2.24, 2.45) is 5.92 Å². The third kappa shape index (κ3) is 1.80. The molecule has 0 spiro atoms. The van der Waals surface area contributed by atoms with Crippen molar-refractivity contribution >= 4 is 0 Å². The number of hydrogen-bond acceptors (Lipinski definition) is 1. The summed E-state index contributed by atoms with van der Waals surface area (Å²) >= 11 is 0. The Balaban J connectivity index is 2.17. The van der Waals surface area contributed by atoms with Gasteiger partial charge in [-0.25, -0.2) is 4.39 Å². The lowest BCUT2D eigenvalue weighted by molar-refractivity contribution is 0.108. The molecular formula is C12H15FO. The van der Waals surface area contributed by atoms with Crippen molar-refractivity contribution in [3.63, 3.8) is 0 Å². The van der Waals surface area contributed by atoms with Crippen molar-refractivity contribution in [3.05, 3.63) is 35.6 Å². The smallest absolute Gasteiger partial charge is 0.129 e. The van der Waals surface area contributed by atoms with E-state index in [-0.39, 0.29) is 11.7 Å². The summed E-state index contributed by atoms with van der Waals surface area (Å²) in [4.78, 5) is 0. The summed E-state index contributed by atoms with van der Waals surface area (Å²) < 4.78 is 13.3. The number of rotatable bonds is 2. The highest BCUT2D eigenvalue weighted by molar-refractivity contribution is 5.20. The molecule has 1 saturated carbocycles. The maximum absolute atomic E-state index is 13.3. The molecule has 1 aromatic carbocycles. The van der Waals surface area contributed by atoms with Crippen LogP contribution >= 0.6 is 0 Å². The van der Waals surface area contributed by atoms with Crippen LogP contribution in [0, 0.1) is 11.7 Å². The van der Waals surface area contributed by atoms with Crippen LogP contribution in [0.4, 0.5) is 4.39 Å². The second-order valence-corrected chi connectivity index (χ2v) is 4.01. The Bertz CT molecular complexity index is 305. The number of aliphatic hydroxyl groups is 1. The van der Waals surface area contributed by atoms with Crippen molar-refractivity contribution < 1.29 is 9.50 Å². The molecule has 2 heteroatoms. The largest absolute Gasteiger partial charge is 0.388 e. The summed E-state index contributed by atoms with van der Waals surface area (Å²) in [5.41, 5.74) is 0.458. The summed E-state index contributed by atoms with van der Waals surface area (Å²) in [5, 5.41) is 9.96. The van der Waals surface area contributed by atoms with E-state index in [2.05, 4.69) is 0 Å². The Morgan fingerprint density at radius 2 is 1.86 bits per heavy atom. The zero-order chi connectivity index (χ0) is 9.97. The molecule has 1 N–H and O–H groups in total. The number of halogens is 1. The molecule has 0 unspecified atom stereocenters. The molecule has 14 heavy (non-hydrogen) atoms. The molecule has 0 aromatic heterocycles. The van der Waals surface area contributed by atoms with Gasteiger partial charge in [0.1, 0.15) is 5.82 Å². The van der Waals surface area contributed by atoms with E-state index >= 15 is 0 Å². The van der Waals surface area contributed by atoms with E-state index in [9.17, 15) is 9.50 Å². The number of benzene rings is 1. The van der Waals surface area contributed by atoms with Crippen molar-refractivity contribution in [2.45, 2.75) is 31.8 Å². The lowest BCUT2D eigenvalue weighted by Crippen LogP contribution is -2.10. The van der Waals surface area contributed by atoms with E-state index in [1.165, 1.54) is 6.07 Å². The Kier molecular flexibility index (Phi) is 2.82. The van der Waals surface area contributed by atoms with Crippen LogP contribution in [0.5, 0.6) is 0 Å². The molecule has 0 radical (unpaired) electrons. The van der Waals surface area contributed by atoms with Gasteiger partial charge in [-0.2, -0.15) is 0 Å². The summed E-state index contributed by atoms with van der Waals surface area (Å²) in [6.07, 6.45) is 3.76. The molecule has 1 aromatic rings. The monoisotopic (exact) mass is 194 g/mol. The molecule has 1 aliphatic carbocycles. The SMILES string of the molecule is O[C@H](c1ccccc1F)C1CCCC1. The fourth-order valence-electron chi connectivity index (χ4n) is 2.24. The van der Waals surface area contributed by atoms with Gasteiger partial charge < -0.3 is 5.11 Å².